The Bertz CT molecular complexity index is 982. The van der Waals surface area contributed by atoms with Gasteiger partial charge >= 0.3 is 0 Å². The molecule has 5 nitrogen and oxygen atoms in total. The number of benzene rings is 3. The van der Waals surface area contributed by atoms with Crippen LogP contribution in [0.5, 0.6) is 11.5 Å². The molecule has 0 bridgehead atoms. The fourth-order valence-electron chi connectivity index (χ4n) is 2.71. The number of amides is 1. The number of nitrogens with one attached hydrogen (secondary N) is 1. The van der Waals surface area contributed by atoms with Crippen LogP contribution in [0.2, 0.25) is 0 Å². The summed E-state index contributed by atoms with van der Waals surface area (Å²) in [4.78, 5) is 12.4. The second kappa shape index (κ2) is 8.19. The van der Waals surface area contributed by atoms with E-state index in [2.05, 4.69) is 10.5 Å². The van der Waals surface area contributed by atoms with Crippen molar-refractivity contribution in [1.29, 1.82) is 0 Å². The lowest BCUT2D eigenvalue weighted by molar-refractivity contribution is 0.0952. The van der Waals surface area contributed by atoms with Crippen LogP contribution in [0.3, 0.4) is 0 Å². The van der Waals surface area contributed by atoms with Crippen LogP contribution >= 0.6 is 0 Å². The Labute approximate surface area is 157 Å². The largest absolute Gasteiger partial charge is 0.507 e. The van der Waals surface area contributed by atoms with Crippen LogP contribution in [-0.4, -0.2) is 21.8 Å². The lowest BCUT2D eigenvalue weighted by atomic mass is 10.00. The molecule has 0 atom stereocenters. The Kier molecular flexibility index (Phi) is 5.52. The van der Waals surface area contributed by atoms with Gasteiger partial charge in [-0.3, -0.25) is 4.79 Å². The van der Waals surface area contributed by atoms with Crippen LogP contribution in [0, 0.1) is 6.92 Å². The average molecular weight is 360 g/mol. The molecule has 0 aliphatic heterocycles. The lowest BCUT2D eigenvalue weighted by Crippen LogP contribution is -2.21. The highest BCUT2D eigenvalue weighted by Crippen LogP contribution is 2.21. The number of hydrogen-bond acceptors (Lipinski definition) is 4. The minimum absolute atomic E-state index is 0.0899. The summed E-state index contributed by atoms with van der Waals surface area (Å²) in [5, 5.41) is 24.4. The third-order valence-corrected chi connectivity index (χ3v) is 4.12. The summed E-state index contributed by atoms with van der Waals surface area (Å²) in [5.74, 6) is -0.550. The van der Waals surface area contributed by atoms with Gasteiger partial charge in [-0.15, -0.1) is 0 Å². The van der Waals surface area contributed by atoms with Gasteiger partial charge in [-0.1, -0.05) is 54.1 Å². The number of para-hydroxylation sites is 1. The molecule has 0 heterocycles. The molecule has 136 valence electrons. The molecule has 0 aliphatic rings. The minimum atomic E-state index is -0.522. The monoisotopic (exact) mass is 360 g/mol. The van der Waals surface area contributed by atoms with E-state index in [0.717, 1.165) is 11.1 Å². The highest BCUT2D eigenvalue weighted by molar-refractivity contribution is 6.05. The summed E-state index contributed by atoms with van der Waals surface area (Å²) >= 11 is 0. The Hall–Kier alpha value is -3.60. The molecule has 0 aliphatic carbocycles. The number of carbonyl (C=O) groups is 1. The number of rotatable bonds is 5. The van der Waals surface area contributed by atoms with Gasteiger partial charge in [0.15, 0.2) is 0 Å². The van der Waals surface area contributed by atoms with Gasteiger partial charge in [-0.2, -0.15) is 5.10 Å². The normalized spacial score (nSPS) is 11.2. The summed E-state index contributed by atoms with van der Waals surface area (Å²) < 4.78 is 0. The predicted octanol–water partition coefficient (Wildman–Crippen LogP) is 3.78. The maximum Gasteiger partial charge on any atom is 0.275 e. The molecule has 0 radical (unpaired) electrons. The van der Waals surface area contributed by atoms with Gasteiger partial charge in [0.05, 0.1) is 11.3 Å². The van der Waals surface area contributed by atoms with Gasteiger partial charge < -0.3 is 10.2 Å². The molecule has 0 unspecified atom stereocenters. The predicted molar refractivity (Wildman–Crippen MR) is 105 cm³/mol. The molecular weight excluding hydrogens is 340 g/mol. The number of aromatic hydroxyl groups is 2. The van der Waals surface area contributed by atoms with Gasteiger partial charge in [0.1, 0.15) is 11.5 Å². The molecule has 0 saturated carbocycles. The molecule has 5 heteroatoms. The zero-order chi connectivity index (χ0) is 19.2. The number of carbonyl (C=O) groups excluding carboxylic acids is 1. The van der Waals surface area contributed by atoms with Crippen LogP contribution < -0.4 is 5.43 Å². The molecule has 3 N–H and O–H groups in total. The lowest BCUT2D eigenvalue weighted by Gasteiger charge is -2.11. The van der Waals surface area contributed by atoms with E-state index >= 15 is 0 Å². The van der Waals surface area contributed by atoms with Crippen LogP contribution in [0.25, 0.3) is 0 Å². The quantitative estimate of drug-likeness (QED) is 0.478. The van der Waals surface area contributed by atoms with E-state index in [0.29, 0.717) is 17.7 Å². The zero-order valence-electron chi connectivity index (χ0n) is 14.9. The van der Waals surface area contributed by atoms with Gasteiger partial charge in [0.25, 0.3) is 5.91 Å². The van der Waals surface area contributed by atoms with Crippen molar-refractivity contribution in [3.8, 4) is 11.5 Å². The van der Waals surface area contributed by atoms with Gasteiger partial charge in [-0.05, 0) is 36.8 Å². The minimum Gasteiger partial charge on any atom is -0.507 e. The maximum absolute atomic E-state index is 12.4. The number of nitrogens with zero attached hydrogens (tertiary/aromatic N) is 1. The first-order valence-electron chi connectivity index (χ1n) is 8.53. The molecule has 0 aromatic heterocycles. The molecule has 0 spiro atoms. The van der Waals surface area contributed by atoms with Crippen LogP contribution in [0.1, 0.15) is 27.0 Å². The number of hydrazone groups is 1. The van der Waals surface area contributed by atoms with Crippen molar-refractivity contribution < 1.29 is 15.0 Å². The second-order valence-electron chi connectivity index (χ2n) is 6.20. The fourth-order valence-corrected chi connectivity index (χ4v) is 2.71. The number of aryl methyl sites for hydroxylation is 1. The van der Waals surface area contributed by atoms with Crippen molar-refractivity contribution in [2.45, 2.75) is 13.3 Å². The summed E-state index contributed by atoms with van der Waals surface area (Å²) in [6, 6.07) is 21.2. The van der Waals surface area contributed by atoms with Gasteiger partial charge in [-0.25, -0.2) is 5.43 Å². The first-order valence-corrected chi connectivity index (χ1v) is 8.53. The first-order chi connectivity index (χ1) is 13.0. The molecule has 3 aromatic carbocycles. The highest BCUT2D eigenvalue weighted by Gasteiger charge is 2.14. The van der Waals surface area contributed by atoms with E-state index in [1.54, 1.807) is 24.3 Å². The van der Waals surface area contributed by atoms with E-state index < -0.39 is 5.91 Å². The zero-order valence-corrected chi connectivity index (χ0v) is 14.9. The maximum atomic E-state index is 12.4. The van der Waals surface area contributed by atoms with Crippen molar-refractivity contribution in [3.05, 3.63) is 95.1 Å². The molecule has 0 fully saturated rings. The van der Waals surface area contributed by atoms with E-state index in [4.69, 9.17) is 0 Å². The average Bonchev–Trinajstić information content (AvgIpc) is 2.68. The molecule has 1 amide bonds. The third-order valence-electron chi connectivity index (χ3n) is 4.12. The summed E-state index contributed by atoms with van der Waals surface area (Å²) in [7, 11) is 0. The van der Waals surface area contributed by atoms with Crippen LogP contribution in [-0.2, 0) is 6.42 Å². The van der Waals surface area contributed by atoms with E-state index in [-0.39, 0.29) is 17.1 Å². The Morgan fingerprint density at radius 1 is 0.889 bits per heavy atom. The summed E-state index contributed by atoms with van der Waals surface area (Å²) in [6.45, 7) is 1.92. The number of hydrogen-bond donors (Lipinski definition) is 3. The molecule has 27 heavy (non-hydrogen) atoms. The van der Waals surface area contributed by atoms with Crippen molar-refractivity contribution in [3.63, 3.8) is 0 Å². The third kappa shape index (κ3) is 4.52. The Morgan fingerprint density at radius 3 is 2.30 bits per heavy atom. The number of phenolic OH excluding ortho intramolecular Hbond substituents is 2. The molecule has 3 aromatic rings. The second-order valence-corrected chi connectivity index (χ2v) is 6.20. The van der Waals surface area contributed by atoms with Gasteiger partial charge in [0, 0.05) is 12.0 Å². The van der Waals surface area contributed by atoms with Crippen molar-refractivity contribution in [2.24, 2.45) is 5.10 Å². The Balaban J connectivity index is 1.94. The number of phenols is 2. The van der Waals surface area contributed by atoms with Crippen molar-refractivity contribution in [2.75, 3.05) is 0 Å². The smallest absolute Gasteiger partial charge is 0.275 e. The van der Waals surface area contributed by atoms with Crippen LogP contribution in [0.15, 0.2) is 77.9 Å². The first kappa shape index (κ1) is 18.2. The van der Waals surface area contributed by atoms with Crippen molar-refractivity contribution >= 4 is 11.6 Å². The van der Waals surface area contributed by atoms with E-state index in [1.807, 2.05) is 43.3 Å². The van der Waals surface area contributed by atoms with E-state index in [1.165, 1.54) is 12.1 Å². The van der Waals surface area contributed by atoms with E-state index in [9.17, 15) is 15.0 Å². The van der Waals surface area contributed by atoms with Crippen molar-refractivity contribution in [1.82, 2.24) is 5.43 Å². The fraction of sp³-hybridized carbons (Fsp3) is 0.0909. The topological polar surface area (TPSA) is 81.9 Å². The molecular formula is C22H20N2O3. The van der Waals surface area contributed by atoms with Crippen LogP contribution in [0.4, 0.5) is 0 Å². The highest BCUT2D eigenvalue weighted by atomic mass is 16.3. The summed E-state index contributed by atoms with van der Waals surface area (Å²) in [5.41, 5.74) is 5.65. The summed E-state index contributed by atoms with van der Waals surface area (Å²) in [6.07, 6.45) is 0.429. The SMILES string of the molecule is Cc1ccc(O)c(/C(Cc2ccccc2)=N/NC(=O)c2ccccc2O)c1. The standard InChI is InChI=1S/C22H20N2O3/c1-15-11-12-21(26)18(13-15)19(14-16-7-3-2-4-8-16)23-24-22(27)17-9-5-6-10-20(17)25/h2-13,25-26H,14H2,1H3,(H,24,27)/b23-19+. The molecule has 0 saturated heterocycles. The Morgan fingerprint density at radius 2 is 1.56 bits per heavy atom. The van der Waals surface area contributed by atoms with Gasteiger partial charge in [0.2, 0.25) is 0 Å². The molecule has 3 rings (SSSR count).